The fraction of sp³-hybridized carbons (Fsp3) is 0.448. The Labute approximate surface area is 247 Å². The first kappa shape index (κ1) is 30.3. The van der Waals surface area contributed by atoms with Gasteiger partial charge in [0.15, 0.2) is 0 Å². The number of nitrogens with one attached hydrogen (secondary N) is 1. The molecule has 0 radical (unpaired) electrons. The number of aromatic nitrogens is 3. The van der Waals surface area contributed by atoms with Gasteiger partial charge in [0.25, 0.3) is 11.5 Å². The van der Waals surface area contributed by atoms with E-state index in [1.54, 1.807) is 0 Å². The summed E-state index contributed by atoms with van der Waals surface area (Å²) in [6.07, 6.45) is 4.10. The van der Waals surface area contributed by atoms with E-state index in [0.29, 0.717) is 56.1 Å². The largest absolute Gasteiger partial charge is 0.375 e. The van der Waals surface area contributed by atoms with E-state index in [0.717, 1.165) is 10.8 Å². The number of nitrogens with zero attached hydrogens (tertiary/aromatic N) is 7. The highest BCUT2D eigenvalue weighted by Gasteiger charge is 2.30. The van der Waals surface area contributed by atoms with E-state index >= 15 is 4.39 Å². The van der Waals surface area contributed by atoms with E-state index in [-0.39, 0.29) is 29.4 Å². The number of hydrogen-bond donors (Lipinski definition) is 1. The predicted octanol–water partition coefficient (Wildman–Crippen LogP) is 3.56. The number of morpholine rings is 1. The van der Waals surface area contributed by atoms with Gasteiger partial charge in [0.05, 0.1) is 29.6 Å². The molecule has 4 heterocycles. The van der Waals surface area contributed by atoms with Crippen LogP contribution in [-0.2, 0) is 11.8 Å². The number of ether oxygens (including phenoxy) is 1. The second-order valence-electron chi connectivity index (χ2n) is 11.2. The van der Waals surface area contributed by atoms with Gasteiger partial charge in [-0.3, -0.25) is 14.5 Å². The maximum atomic E-state index is 15.8. The Kier molecular flexibility index (Phi) is 8.60. The molecular formula is C29H35F3N8O3. The quantitative estimate of drug-likeness (QED) is 0.426. The molecule has 5 rings (SSSR count). The molecule has 1 aromatic carbocycles. The van der Waals surface area contributed by atoms with Crippen molar-refractivity contribution >= 4 is 28.9 Å². The lowest BCUT2D eigenvalue weighted by Crippen LogP contribution is -2.55. The van der Waals surface area contributed by atoms with E-state index in [1.807, 2.05) is 37.6 Å². The maximum Gasteiger partial charge on any atom is 0.259 e. The summed E-state index contributed by atoms with van der Waals surface area (Å²) in [4.78, 5) is 40.5. The number of halogens is 3. The SMILES string of the molecule is CC1CN(c2ncc(-c3cc(NC(=O)c4cn(C)c(=O)cc4N(F)F)c(N4CC(C)N(C)C(C)C4)cc3F)cn2)CCO1. The Morgan fingerprint density at radius 2 is 1.70 bits per heavy atom. The first-order valence-electron chi connectivity index (χ1n) is 14.1. The molecule has 2 saturated heterocycles. The number of carbonyl (C=O) groups excluding carboxylic acids is 1. The molecule has 1 N–H and O–H groups in total. The highest BCUT2D eigenvalue weighted by atomic mass is 19.4. The second kappa shape index (κ2) is 12.2. The lowest BCUT2D eigenvalue weighted by atomic mass is 10.0. The van der Waals surface area contributed by atoms with Crippen LogP contribution in [0.15, 0.2) is 41.6 Å². The van der Waals surface area contributed by atoms with Crippen molar-refractivity contribution in [1.29, 1.82) is 0 Å². The van der Waals surface area contributed by atoms with Crippen LogP contribution in [0.5, 0.6) is 0 Å². The van der Waals surface area contributed by atoms with Crippen LogP contribution in [0.3, 0.4) is 0 Å². The number of amides is 1. The van der Waals surface area contributed by atoms with Crippen molar-refractivity contribution in [1.82, 2.24) is 19.4 Å². The zero-order valence-electron chi connectivity index (χ0n) is 24.7. The minimum Gasteiger partial charge on any atom is -0.375 e. The molecule has 3 atom stereocenters. The highest BCUT2D eigenvalue weighted by Crippen LogP contribution is 2.36. The average Bonchev–Trinajstić information content (AvgIpc) is 2.97. The number of likely N-dealkylation sites (N-methyl/N-ethyl adjacent to an activating group) is 1. The number of carbonyl (C=O) groups is 1. The van der Waals surface area contributed by atoms with Crippen molar-refractivity contribution in [2.24, 2.45) is 7.05 Å². The summed E-state index contributed by atoms with van der Waals surface area (Å²) in [5.41, 5.74) is -0.817. The predicted molar refractivity (Wildman–Crippen MR) is 158 cm³/mol. The van der Waals surface area contributed by atoms with Gasteiger partial charge in [-0.05, 0) is 45.3 Å². The molecule has 3 unspecified atom stereocenters. The van der Waals surface area contributed by atoms with Crippen LogP contribution in [-0.4, -0.2) is 83.4 Å². The molecule has 0 spiro atoms. The lowest BCUT2D eigenvalue weighted by Gasteiger charge is -2.44. The lowest BCUT2D eigenvalue weighted by molar-refractivity contribution is 0.0526. The summed E-state index contributed by atoms with van der Waals surface area (Å²) in [5.74, 6) is -0.938. The van der Waals surface area contributed by atoms with Crippen molar-refractivity contribution in [2.75, 3.05) is 60.3 Å². The third kappa shape index (κ3) is 6.30. The summed E-state index contributed by atoms with van der Waals surface area (Å²) < 4.78 is 49.8. The fourth-order valence-electron chi connectivity index (χ4n) is 5.49. The average molecular weight is 601 g/mol. The Morgan fingerprint density at radius 3 is 2.33 bits per heavy atom. The van der Waals surface area contributed by atoms with Crippen molar-refractivity contribution in [3.63, 3.8) is 0 Å². The van der Waals surface area contributed by atoms with Crippen LogP contribution in [0.4, 0.5) is 36.4 Å². The van der Waals surface area contributed by atoms with Gasteiger partial charge in [0.2, 0.25) is 5.95 Å². The molecule has 230 valence electrons. The normalized spacial score (nSPS) is 21.2. The van der Waals surface area contributed by atoms with Gasteiger partial charge in [0, 0.05) is 81.1 Å². The van der Waals surface area contributed by atoms with Crippen molar-refractivity contribution < 1.29 is 22.9 Å². The van der Waals surface area contributed by atoms with Crippen molar-refractivity contribution in [2.45, 2.75) is 39.0 Å². The molecule has 0 bridgehead atoms. The van der Waals surface area contributed by atoms with Crippen LogP contribution in [0.1, 0.15) is 31.1 Å². The number of pyridine rings is 1. The number of rotatable bonds is 6. The zero-order chi connectivity index (χ0) is 31.0. The second-order valence-corrected chi connectivity index (χ2v) is 11.2. The monoisotopic (exact) mass is 600 g/mol. The van der Waals surface area contributed by atoms with Gasteiger partial charge >= 0.3 is 0 Å². The fourth-order valence-corrected chi connectivity index (χ4v) is 5.49. The third-order valence-electron chi connectivity index (χ3n) is 8.14. The van der Waals surface area contributed by atoms with E-state index in [4.69, 9.17) is 4.74 Å². The zero-order valence-corrected chi connectivity index (χ0v) is 24.7. The first-order chi connectivity index (χ1) is 20.4. The van der Waals surface area contributed by atoms with E-state index in [2.05, 4.69) is 20.2 Å². The molecule has 2 aliphatic heterocycles. The van der Waals surface area contributed by atoms with E-state index in [9.17, 15) is 18.6 Å². The van der Waals surface area contributed by atoms with Gasteiger partial charge < -0.3 is 24.4 Å². The number of hydrogen-bond acceptors (Lipinski definition) is 9. The van der Waals surface area contributed by atoms with Crippen LogP contribution in [0.2, 0.25) is 0 Å². The Bertz CT molecular complexity index is 1540. The summed E-state index contributed by atoms with van der Waals surface area (Å²) in [6, 6.07) is 3.74. The molecular weight excluding hydrogens is 565 g/mol. The summed E-state index contributed by atoms with van der Waals surface area (Å²) in [7, 11) is 3.38. The van der Waals surface area contributed by atoms with Crippen LogP contribution in [0.25, 0.3) is 11.1 Å². The number of aryl methyl sites for hydroxylation is 1. The van der Waals surface area contributed by atoms with Gasteiger partial charge in [-0.2, -0.15) is 0 Å². The Hall–Kier alpha value is -4.17. The number of piperazine rings is 1. The standard InChI is InChI=1S/C29H35F3N8O3/c1-17-13-39(14-18(2)37(17)5)26-9-23(30)21(20-11-33-29(34-12-20)38-6-7-43-19(3)15-38)8-24(26)35-28(42)22-16-36(4)27(41)10-25(22)40(31)32/h8-12,16-19H,6-7,13-15H2,1-5H3,(H,35,42). The smallest absolute Gasteiger partial charge is 0.259 e. The molecule has 3 aromatic rings. The van der Waals surface area contributed by atoms with Crippen LogP contribution in [0, 0.1) is 5.82 Å². The van der Waals surface area contributed by atoms with E-state index in [1.165, 1.54) is 31.6 Å². The van der Waals surface area contributed by atoms with Gasteiger partial charge in [0.1, 0.15) is 11.5 Å². The van der Waals surface area contributed by atoms with Gasteiger partial charge in [-0.15, -0.1) is 0 Å². The number of benzene rings is 1. The molecule has 11 nitrogen and oxygen atoms in total. The molecule has 1 amide bonds. The molecule has 0 saturated carbocycles. The third-order valence-corrected chi connectivity index (χ3v) is 8.14. The highest BCUT2D eigenvalue weighted by molar-refractivity contribution is 6.09. The van der Waals surface area contributed by atoms with Gasteiger partial charge in [-0.1, -0.05) is 8.96 Å². The minimum absolute atomic E-state index is 0.0302. The van der Waals surface area contributed by atoms with Crippen LogP contribution < -0.4 is 26.0 Å². The molecule has 14 heteroatoms. The maximum absolute atomic E-state index is 15.8. The van der Waals surface area contributed by atoms with Crippen molar-refractivity contribution in [3.8, 4) is 11.1 Å². The summed E-state index contributed by atoms with van der Waals surface area (Å²) >= 11 is 0. The van der Waals surface area contributed by atoms with Crippen LogP contribution >= 0.6 is 0 Å². The summed E-state index contributed by atoms with van der Waals surface area (Å²) in [5, 5.41) is 1.44. The molecule has 2 aromatic heterocycles. The summed E-state index contributed by atoms with van der Waals surface area (Å²) in [6.45, 7) is 8.97. The minimum atomic E-state index is -1.27. The molecule has 2 fully saturated rings. The van der Waals surface area contributed by atoms with E-state index < -0.39 is 33.9 Å². The van der Waals surface area contributed by atoms with Crippen molar-refractivity contribution in [3.05, 3.63) is 58.5 Å². The molecule has 43 heavy (non-hydrogen) atoms. The molecule has 0 aliphatic carbocycles. The Balaban J connectivity index is 1.54. The molecule has 2 aliphatic rings. The van der Waals surface area contributed by atoms with Gasteiger partial charge in [-0.25, -0.2) is 14.4 Å². The Morgan fingerprint density at radius 1 is 1.02 bits per heavy atom. The first-order valence-corrected chi connectivity index (χ1v) is 14.1. The topological polar surface area (TPSA) is 99.1 Å². The number of anilines is 4.